The number of anilines is 1. The van der Waals surface area contributed by atoms with Crippen molar-refractivity contribution in [3.63, 3.8) is 0 Å². The Morgan fingerprint density at radius 2 is 2.06 bits per heavy atom. The number of hydrogen-bond donors (Lipinski definition) is 1. The monoisotopic (exact) mass is 232 g/mol. The highest BCUT2D eigenvalue weighted by molar-refractivity contribution is 5.46. The van der Waals surface area contributed by atoms with E-state index in [1.165, 1.54) is 30.4 Å². The van der Waals surface area contributed by atoms with Crippen molar-refractivity contribution in [3.05, 3.63) is 29.3 Å². The van der Waals surface area contributed by atoms with Gasteiger partial charge in [0.15, 0.2) is 0 Å². The lowest BCUT2D eigenvalue weighted by Crippen LogP contribution is -2.28. The molecule has 2 aliphatic rings. The summed E-state index contributed by atoms with van der Waals surface area (Å²) in [5, 5.41) is 0. The molecule has 1 aromatic carbocycles. The molecular weight excluding hydrogens is 212 g/mol. The van der Waals surface area contributed by atoms with Crippen LogP contribution in [0.25, 0.3) is 0 Å². The van der Waals surface area contributed by atoms with Gasteiger partial charge in [0, 0.05) is 31.9 Å². The fourth-order valence-corrected chi connectivity index (χ4v) is 3.16. The normalized spacial score (nSPS) is 28.5. The lowest BCUT2D eigenvalue weighted by molar-refractivity contribution is 0.0961. The summed E-state index contributed by atoms with van der Waals surface area (Å²) in [4.78, 5) is 2.57. The minimum Gasteiger partial charge on any atom is -0.399 e. The third kappa shape index (κ3) is 2.05. The smallest absolute Gasteiger partial charge is 0.0586 e. The van der Waals surface area contributed by atoms with Gasteiger partial charge in [0.05, 0.1) is 6.10 Å². The van der Waals surface area contributed by atoms with Crippen molar-refractivity contribution in [1.82, 2.24) is 4.90 Å². The van der Waals surface area contributed by atoms with Crippen LogP contribution in [0.3, 0.4) is 0 Å². The maximum atomic E-state index is 5.83. The summed E-state index contributed by atoms with van der Waals surface area (Å²) >= 11 is 0. The molecule has 0 spiro atoms. The molecule has 2 N–H and O–H groups in total. The number of nitrogen functional groups attached to an aromatic ring is 1. The number of nitrogens with two attached hydrogens (primary N) is 1. The highest BCUT2D eigenvalue weighted by Crippen LogP contribution is 2.33. The summed E-state index contributed by atoms with van der Waals surface area (Å²) in [6, 6.07) is 6.99. The van der Waals surface area contributed by atoms with Crippen LogP contribution in [0.15, 0.2) is 18.2 Å². The lowest BCUT2D eigenvalue weighted by atomic mass is 10.1. The van der Waals surface area contributed by atoms with Crippen LogP contribution in [0.2, 0.25) is 0 Å². The third-order valence-corrected chi connectivity index (χ3v) is 4.18. The molecule has 1 fully saturated rings. The second-order valence-electron chi connectivity index (χ2n) is 5.26. The van der Waals surface area contributed by atoms with Gasteiger partial charge in [-0.2, -0.15) is 0 Å². The summed E-state index contributed by atoms with van der Waals surface area (Å²) in [5.74, 6) is 0. The summed E-state index contributed by atoms with van der Waals surface area (Å²) in [5.41, 5.74) is 9.57. The minimum absolute atomic E-state index is 0.466. The Bertz CT molecular complexity index is 419. The molecule has 1 saturated carbocycles. The van der Waals surface area contributed by atoms with E-state index in [1.54, 1.807) is 0 Å². The molecule has 1 aliphatic carbocycles. The van der Waals surface area contributed by atoms with Crippen molar-refractivity contribution in [2.24, 2.45) is 0 Å². The molecule has 3 heteroatoms. The largest absolute Gasteiger partial charge is 0.399 e. The van der Waals surface area contributed by atoms with Crippen LogP contribution in [0, 0.1) is 0 Å². The summed E-state index contributed by atoms with van der Waals surface area (Å²) < 4.78 is 5.45. The van der Waals surface area contributed by atoms with E-state index >= 15 is 0 Å². The molecule has 0 saturated heterocycles. The van der Waals surface area contributed by atoms with Crippen LogP contribution in [0.4, 0.5) is 5.69 Å². The van der Waals surface area contributed by atoms with Gasteiger partial charge in [-0.25, -0.2) is 0 Å². The van der Waals surface area contributed by atoms with Crippen molar-refractivity contribution < 1.29 is 4.74 Å². The van der Waals surface area contributed by atoms with Gasteiger partial charge in [0.25, 0.3) is 0 Å². The molecule has 1 heterocycles. The van der Waals surface area contributed by atoms with E-state index in [0.717, 1.165) is 18.8 Å². The number of methoxy groups -OCH3 is 1. The molecule has 3 nitrogen and oxygen atoms in total. The molecule has 0 aromatic heterocycles. The summed E-state index contributed by atoms with van der Waals surface area (Å²) in [6.07, 6.45) is 4.12. The fraction of sp³-hybridized carbons (Fsp3) is 0.571. The molecular formula is C14H20N2O. The molecule has 0 radical (unpaired) electrons. The Balaban J connectivity index is 1.70. The van der Waals surface area contributed by atoms with E-state index in [-0.39, 0.29) is 0 Å². The van der Waals surface area contributed by atoms with Gasteiger partial charge in [0.1, 0.15) is 0 Å². The average molecular weight is 232 g/mol. The van der Waals surface area contributed by atoms with E-state index in [1.807, 2.05) is 13.2 Å². The Morgan fingerprint density at radius 3 is 2.82 bits per heavy atom. The molecule has 92 valence electrons. The number of rotatable bonds is 2. The first-order valence-corrected chi connectivity index (χ1v) is 6.40. The van der Waals surface area contributed by atoms with Crippen LogP contribution >= 0.6 is 0 Å². The van der Waals surface area contributed by atoms with Crippen molar-refractivity contribution in [3.8, 4) is 0 Å². The van der Waals surface area contributed by atoms with Gasteiger partial charge in [-0.05, 0) is 42.5 Å². The van der Waals surface area contributed by atoms with Crippen LogP contribution in [-0.4, -0.2) is 24.2 Å². The van der Waals surface area contributed by atoms with Crippen LogP contribution in [0.1, 0.15) is 30.4 Å². The Labute approximate surface area is 103 Å². The highest BCUT2D eigenvalue weighted by Gasteiger charge is 2.32. The van der Waals surface area contributed by atoms with Gasteiger partial charge in [0.2, 0.25) is 0 Å². The number of benzene rings is 1. The van der Waals surface area contributed by atoms with Crippen molar-refractivity contribution in [2.75, 3.05) is 12.8 Å². The first kappa shape index (κ1) is 11.1. The van der Waals surface area contributed by atoms with Crippen molar-refractivity contribution >= 4 is 5.69 Å². The summed E-state index contributed by atoms with van der Waals surface area (Å²) in [6.45, 7) is 2.14. The second-order valence-corrected chi connectivity index (χ2v) is 5.26. The number of nitrogens with zero attached hydrogens (tertiary/aromatic N) is 1. The average Bonchev–Trinajstić information content (AvgIpc) is 2.93. The molecule has 2 atom stereocenters. The molecule has 0 amide bonds. The maximum absolute atomic E-state index is 5.83. The van der Waals surface area contributed by atoms with Crippen LogP contribution in [0.5, 0.6) is 0 Å². The van der Waals surface area contributed by atoms with Gasteiger partial charge in [-0.1, -0.05) is 6.07 Å². The zero-order valence-electron chi connectivity index (χ0n) is 10.4. The second kappa shape index (κ2) is 4.31. The first-order valence-electron chi connectivity index (χ1n) is 6.40. The first-order chi connectivity index (χ1) is 8.26. The van der Waals surface area contributed by atoms with Gasteiger partial charge in [-0.3, -0.25) is 4.90 Å². The van der Waals surface area contributed by atoms with Crippen LogP contribution < -0.4 is 5.73 Å². The molecule has 3 rings (SSSR count). The zero-order valence-corrected chi connectivity index (χ0v) is 10.4. The predicted molar refractivity (Wildman–Crippen MR) is 68.5 cm³/mol. The topological polar surface area (TPSA) is 38.5 Å². The lowest BCUT2D eigenvalue weighted by Gasteiger charge is -2.23. The summed E-state index contributed by atoms with van der Waals surface area (Å²) in [7, 11) is 1.83. The standard InChI is InChI=1S/C14H20N2O/c1-17-14-5-4-13(7-14)16-8-10-2-3-12(15)6-11(10)9-16/h2-3,6,13-14H,4-5,7-9,15H2,1H3. The minimum atomic E-state index is 0.466. The fourth-order valence-electron chi connectivity index (χ4n) is 3.16. The SMILES string of the molecule is COC1CCC(N2Cc3ccc(N)cc3C2)C1. The van der Waals surface area contributed by atoms with E-state index in [9.17, 15) is 0 Å². The Morgan fingerprint density at radius 1 is 1.24 bits per heavy atom. The quantitative estimate of drug-likeness (QED) is 0.794. The number of ether oxygens (including phenoxy) is 1. The Hall–Kier alpha value is -1.06. The number of hydrogen-bond acceptors (Lipinski definition) is 3. The van der Waals surface area contributed by atoms with Gasteiger partial charge >= 0.3 is 0 Å². The van der Waals surface area contributed by atoms with Crippen LogP contribution in [-0.2, 0) is 17.8 Å². The zero-order chi connectivity index (χ0) is 11.8. The van der Waals surface area contributed by atoms with E-state index in [0.29, 0.717) is 12.1 Å². The molecule has 1 aromatic rings. The van der Waals surface area contributed by atoms with E-state index < -0.39 is 0 Å². The predicted octanol–water partition coefficient (Wildman–Crippen LogP) is 2.15. The molecule has 17 heavy (non-hydrogen) atoms. The third-order valence-electron chi connectivity index (χ3n) is 4.18. The van der Waals surface area contributed by atoms with Crippen molar-refractivity contribution in [2.45, 2.75) is 44.5 Å². The number of fused-ring (bicyclic) bond motifs is 1. The molecule has 1 aliphatic heterocycles. The maximum Gasteiger partial charge on any atom is 0.0586 e. The van der Waals surface area contributed by atoms with E-state index in [4.69, 9.17) is 10.5 Å². The van der Waals surface area contributed by atoms with Gasteiger partial charge < -0.3 is 10.5 Å². The van der Waals surface area contributed by atoms with Crippen molar-refractivity contribution in [1.29, 1.82) is 0 Å². The van der Waals surface area contributed by atoms with E-state index in [2.05, 4.69) is 17.0 Å². The highest BCUT2D eigenvalue weighted by atomic mass is 16.5. The van der Waals surface area contributed by atoms with Gasteiger partial charge in [-0.15, -0.1) is 0 Å². The Kier molecular flexibility index (Phi) is 2.81. The molecule has 2 unspecified atom stereocenters. The molecule has 0 bridgehead atoms.